The lowest BCUT2D eigenvalue weighted by atomic mass is 10.1. The maximum absolute atomic E-state index is 11.9. The Kier molecular flexibility index (Phi) is 4.48. The molecule has 0 fully saturated rings. The number of aliphatic hydroxyl groups is 1. The molecule has 1 aromatic heterocycles. The third-order valence-electron chi connectivity index (χ3n) is 3.29. The van der Waals surface area contributed by atoms with Gasteiger partial charge in [-0.1, -0.05) is 25.1 Å². The molecule has 0 aliphatic rings. The van der Waals surface area contributed by atoms with Crippen molar-refractivity contribution in [1.82, 2.24) is 5.32 Å². The summed E-state index contributed by atoms with van der Waals surface area (Å²) in [6, 6.07) is 7.77. The zero-order valence-corrected chi connectivity index (χ0v) is 12.6. The van der Waals surface area contributed by atoms with Crippen molar-refractivity contribution in [3.05, 3.63) is 41.7 Å². The molecule has 0 saturated carbocycles. The highest BCUT2D eigenvalue weighted by atomic mass is 16.3. The molecule has 112 valence electrons. The van der Waals surface area contributed by atoms with Crippen molar-refractivity contribution in [2.24, 2.45) is 0 Å². The van der Waals surface area contributed by atoms with Gasteiger partial charge in [0.25, 0.3) is 0 Å². The van der Waals surface area contributed by atoms with Crippen LogP contribution in [0.3, 0.4) is 0 Å². The van der Waals surface area contributed by atoms with Gasteiger partial charge in [-0.2, -0.15) is 0 Å². The molecule has 0 aliphatic carbocycles. The number of benzene rings is 1. The fourth-order valence-electron chi connectivity index (χ4n) is 2.14. The highest BCUT2D eigenvalue weighted by Gasteiger charge is 2.17. The molecular formula is C17H21NO3. The molecule has 0 unspecified atom stereocenters. The second-order valence-electron chi connectivity index (χ2n) is 5.65. The number of furan rings is 1. The Balaban J connectivity index is 2.26. The minimum absolute atomic E-state index is 0.110. The molecule has 4 heteroatoms. The summed E-state index contributed by atoms with van der Waals surface area (Å²) in [5.41, 5.74) is 1.13. The van der Waals surface area contributed by atoms with E-state index in [-0.39, 0.29) is 12.5 Å². The molecule has 0 spiro atoms. The molecule has 2 aromatic rings. The standard InChI is InChI=1S/C17H21NO3/c1-4-14-13(12-7-5-6-8-15(12)21-14)9-10-16(20)18-17(2,3)11-19/h5-10,19H,4,11H2,1-3H3,(H,18,20)/b10-9+. The number of nitrogens with one attached hydrogen (secondary N) is 1. The van der Waals surface area contributed by atoms with E-state index >= 15 is 0 Å². The van der Waals surface area contributed by atoms with Crippen LogP contribution >= 0.6 is 0 Å². The first-order valence-corrected chi connectivity index (χ1v) is 7.08. The van der Waals surface area contributed by atoms with E-state index in [1.54, 1.807) is 19.9 Å². The molecular weight excluding hydrogens is 266 g/mol. The molecule has 0 radical (unpaired) electrons. The average molecular weight is 287 g/mol. The van der Waals surface area contributed by atoms with E-state index in [9.17, 15) is 4.79 Å². The average Bonchev–Trinajstić information content (AvgIpc) is 2.82. The first-order chi connectivity index (χ1) is 9.96. The van der Waals surface area contributed by atoms with E-state index in [1.165, 1.54) is 6.08 Å². The molecule has 0 bridgehead atoms. The normalized spacial score (nSPS) is 12.2. The first kappa shape index (κ1) is 15.3. The molecule has 0 aliphatic heterocycles. The lowest BCUT2D eigenvalue weighted by molar-refractivity contribution is -0.118. The molecule has 0 atom stereocenters. The molecule has 4 nitrogen and oxygen atoms in total. The Hall–Kier alpha value is -2.07. The van der Waals surface area contributed by atoms with Crippen LogP contribution in [0.4, 0.5) is 0 Å². The molecule has 1 heterocycles. The molecule has 1 amide bonds. The highest BCUT2D eigenvalue weighted by Crippen LogP contribution is 2.27. The molecule has 2 N–H and O–H groups in total. The summed E-state index contributed by atoms with van der Waals surface area (Å²) >= 11 is 0. The van der Waals surface area contributed by atoms with E-state index in [4.69, 9.17) is 9.52 Å². The van der Waals surface area contributed by atoms with Gasteiger partial charge in [0, 0.05) is 23.4 Å². The number of para-hydroxylation sites is 1. The summed E-state index contributed by atoms with van der Waals surface area (Å²) in [4.78, 5) is 11.9. The number of fused-ring (bicyclic) bond motifs is 1. The van der Waals surface area contributed by atoms with Crippen LogP contribution in [0.5, 0.6) is 0 Å². The Morgan fingerprint density at radius 1 is 1.38 bits per heavy atom. The fourth-order valence-corrected chi connectivity index (χ4v) is 2.14. The molecule has 2 rings (SSSR count). The third-order valence-corrected chi connectivity index (χ3v) is 3.29. The number of carbonyl (C=O) groups excluding carboxylic acids is 1. The smallest absolute Gasteiger partial charge is 0.244 e. The van der Waals surface area contributed by atoms with Gasteiger partial charge in [-0.05, 0) is 26.0 Å². The number of amides is 1. The maximum atomic E-state index is 11.9. The topological polar surface area (TPSA) is 62.5 Å². The molecule has 21 heavy (non-hydrogen) atoms. The summed E-state index contributed by atoms with van der Waals surface area (Å²) < 4.78 is 5.78. The quantitative estimate of drug-likeness (QED) is 0.831. The van der Waals surface area contributed by atoms with Gasteiger partial charge in [0.15, 0.2) is 0 Å². The van der Waals surface area contributed by atoms with Crippen LogP contribution in [0, 0.1) is 0 Å². The summed E-state index contributed by atoms with van der Waals surface area (Å²) in [5, 5.41) is 12.9. The Labute approximate surface area is 124 Å². The van der Waals surface area contributed by atoms with Crippen LogP contribution in [0.15, 0.2) is 34.8 Å². The summed E-state index contributed by atoms with van der Waals surface area (Å²) in [6.45, 7) is 5.44. The predicted octanol–water partition coefficient (Wildman–Crippen LogP) is 2.90. The fraction of sp³-hybridized carbons (Fsp3) is 0.353. The van der Waals surface area contributed by atoms with Gasteiger partial charge in [0.05, 0.1) is 12.1 Å². The Bertz CT molecular complexity index is 668. The van der Waals surface area contributed by atoms with Gasteiger partial charge in [-0.25, -0.2) is 0 Å². The number of rotatable bonds is 5. The number of aliphatic hydroxyl groups excluding tert-OH is 1. The maximum Gasteiger partial charge on any atom is 0.244 e. The summed E-state index contributed by atoms with van der Waals surface area (Å²) in [6.07, 6.45) is 4.01. The number of hydrogen-bond donors (Lipinski definition) is 2. The SMILES string of the molecule is CCc1oc2ccccc2c1/C=C/C(=O)NC(C)(C)CO. The number of aryl methyl sites for hydroxylation is 1. The van der Waals surface area contributed by atoms with Crippen LogP contribution in [0.1, 0.15) is 32.1 Å². The van der Waals surface area contributed by atoms with Gasteiger partial charge in [0.2, 0.25) is 5.91 Å². The van der Waals surface area contributed by atoms with E-state index in [0.717, 1.165) is 28.7 Å². The van der Waals surface area contributed by atoms with Crippen molar-refractivity contribution in [3.8, 4) is 0 Å². The minimum atomic E-state index is -0.631. The lowest BCUT2D eigenvalue weighted by Gasteiger charge is -2.22. The van der Waals surface area contributed by atoms with Crippen LogP contribution in [-0.4, -0.2) is 23.2 Å². The van der Waals surface area contributed by atoms with Crippen molar-refractivity contribution >= 4 is 23.0 Å². The van der Waals surface area contributed by atoms with Gasteiger partial charge >= 0.3 is 0 Å². The van der Waals surface area contributed by atoms with E-state index in [2.05, 4.69) is 5.32 Å². The largest absolute Gasteiger partial charge is 0.460 e. The number of hydrogen-bond acceptors (Lipinski definition) is 3. The molecule has 1 aromatic carbocycles. The zero-order chi connectivity index (χ0) is 15.5. The van der Waals surface area contributed by atoms with Crippen molar-refractivity contribution in [3.63, 3.8) is 0 Å². The molecule has 0 saturated heterocycles. The summed E-state index contributed by atoms with van der Waals surface area (Å²) in [7, 11) is 0. The second-order valence-corrected chi connectivity index (χ2v) is 5.65. The first-order valence-electron chi connectivity index (χ1n) is 7.08. The van der Waals surface area contributed by atoms with Gasteiger partial charge < -0.3 is 14.8 Å². The minimum Gasteiger partial charge on any atom is -0.460 e. The predicted molar refractivity (Wildman–Crippen MR) is 83.9 cm³/mol. The van der Waals surface area contributed by atoms with Crippen molar-refractivity contribution in [2.75, 3.05) is 6.61 Å². The second kappa shape index (κ2) is 6.14. The Morgan fingerprint density at radius 3 is 2.76 bits per heavy atom. The highest BCUT2D eigenvalue weighted by molar-refractivity contribution is 5.96. The number of carbonyl (C=O) groups is 1. The van der Waals surface area contributed by atoms with Crippen molar-refractivity contribution in [2.45, 2.75) is 32.7 Å². The monoisotopic (exact) mass is 287 g/mol. The van der Waals surface area contributed by atoms with E-state index in [0.29, 0.717) is 0 Å². The van der Waals surface area contributed by atoms with Gasteiger partial charge in [0.1, 0.15) is 11.3 Å². The van der Waals surface area contributed by atoms with Crippen molar-refractivity contribution < 1.29 is 14.3 Å². The Morgan fingerprint density at radius 2 is 2.10 bits per heavy atom. The summed E-state index contributed by atoms with van der Waals surface area (Å²) in [5.74, 6) is 0.628. The van der Waals surface area contributed by atoms with Crippen LogP contribution in [-0.2, 0) is 11.2 Å². The van der Waals surface area contributed by atoms with Crippen LogP contribution < -0.4 is 5.32 Å². The third kappa shape index (κ3) is 3.52. The van der Waals surface area contributed by atoms with Crippen molar-refractivity contribution in [1.29, 1.82) is 0 Å². The van der Waals surface area contributed by atoms with E-state index in [1.807, 2.05) is 31.2 Å². The lowest BCUT2D eigenvalue weighted by Crippen LogP contribution is -2.45. The van der Waals surface area contributed by atoms with Gasteiger partial charge in [-0.15, -0.1) is 0 Å². The van der Waals surface area contributed by atoms with Crippen LogP contribution in [0.2, 0.25) is 0 Å². The van der Waals surface area contributed by atoms with Gasteiger partial charge in [-0.3, -0.25) is 4.79 Å². The zero-order valence-electron chi connectivity index (χ0n) is 12.6. The van der Waals surface area contributed by atoms with Crippen LogP contribution in [0.25, 0.3) is 17.0 Å². The van der Waals surface area contributed by atoms with E-state index < -0.39 is 5.54 Å².